The second-order valence-corrected chi connectivity index (χ2v) is 4.56. The molecule has 16 heavy (non-hydrogen) atoms. The lowest BCUT2D eigenvalue weighted by Gasteiger charge is -2.23. The minimum Gasteiger partial charge on any atom is -0.365 e. The average Bonchev–Trinajstić information content (AvgIpc) is 2.14. The third-order valence-electron chi connectivity index (χ3n) is 2.01. The number of nitrogens with zero attached hydrogens (tertiary/aromatic N) is 1. The zero-order valence-electron chi connectivity index (χ0n) is 8.48. The lowest BCUT2D eigenvalue weighted by Crippen LogP contribution is -2.31. The lowest BCUT2D eigenvalue weighted by atomic mass is 10.2. The minimum atomic E-state index is -4.22. The van der Waals surface area contributed by atoms with Crippen LogP contribution in [0.3, 0.4) is 0 Å². The van der Waals surface area contributed by atoms with Crippen LogP contribution in [0.25, 0.3) is 0 Å². The Balaban J connectivity index is 2.94. The van der Waals surface area contributed by atoms with E-state index in [0.717, 1.165) is 9.37 Å². The molecule has 0 heterocycles. The molecule has 6 heteroatoms. The van der Waals surface area contributed by atoms with Crippen LogP contribution >= 0.6 is 27.5 Å². The van der Waals surface area contributed by atoms with E-state index in [1.807, 2.05) is 0 Å². The molecule has 1 rings (SSSR count). The number of halogens is 5. The molecule has 0 spiro atoms. The van der Waals surface area contributed by atoms with Gasteiger partial charge in [0.25, 0.3) is 0 Å². The fourth-order valence-electron chi connectivity index (χ4n) is 1.39. The van der Waals surface area contributed by atoms with Crippen LogP contribution in [0, 0.1) is 0 Å². The van der Waals surface area contributed by atoms with Gasteiger partial charge in [0.15, 0.2) is 0 Å². The molecule has 0 unspecified atom stereocenters. The van der Waals surface area contributed by atoms with Gasteiger partial charge in [-0.25, -0.2) is 0 Å². The molecule has 1 nitrogen and oxygen atoms in total. The molecule has 0 aliphatic heterocycles. The summed E-state index contributed by atoms with van der Waals surface area (Å²) >= 11 is 8.94. The summed E-state index contributed by atoms with van der Waals surface area (Å²) in [4.78, 5) is 1.14. The number of alkyl halides is 4. The van der Waals surface area contributed by atoms with Crippen molar-refractivity contribution in [1.82, 2.24) is 0 Å². The first-order chi connectivity index (χ1) is 7.33. The summed E-state index contributed by atoms with van der Waals surface area (Å²) in [5.74, 6) is 0.178. The van der Waals surface area contributed by atoms with Crippen LogP contribution in [0.1, 0.15) is 5.56 Å². The molecule has 0 saturated carbocycles. The molecule has 1 aromatic carbocycles. The molecule has 0 amide bonds. The zero-order chi connectivity index (χ0) is 12.3. The highest BCUT2D eigenvalue weighted by atomic mass is 79.9. The van der Waals surface area contributed by atoms with E-state index in [1.165, 1.54) is 7.05 Å². The standard InChI is InChI=1S/C10H10BrClF3N/c1-16(6-10(13,14)15)9-3-2-8(11)4-7(9)5-12/h2-4H,5-6H2,1H3. The molecule has 0 saturated heterocycles. The van der Waals surface area contributed by atoms with Gasteiger partial charge in [0.1, 0.15) is 6.54 Å². The van der Waals surface area contributed by atoms with E-state index in [0.29, 0.717) is 11.3 Å². The van der Waals surface area contributed by atoms with E-state index in [1.54, 1.807) is 18.2 Å². The van der Waals surface area contributed by atoms with Gasteiger partial charge in [0.2, 0.25) is 0 Å². The smallest absolute Gasteiger partial charge is 0.365 e. The predicted molar refractivity (Wildman–Crippen MR) is 63.0 cm³/mol. The largest absolute Gasteiger partial charge is 0.405 e. The van der Waals surface area contributed by atoms with Crippen molar-refractivity contribution < 1.29 is 13.2 Å². The minimum absolute atomic E-state index is 0.178. The van der Waals surface area contributed by atoms with Gasteiger partial charge >= 0.3 is 6.18 Å². The summed E-state index contributed by atoms with van der Waals surface area (Å²) in [6, 6.07) is 5.03. The molecule has 0 bridgehead atoms. The first kappa shape index (κ1) is 13.6. The Morgan fingerprint density at radius 3 is 2.50 bits per heavy atom. The maximum atomic E-state index is 12.2. The molecule has 1 aromatic rings. The van der Waals surface area contributed by atoms with Crippen LogP contribution in [0.5, 0.6) is 0 Å². The van der Waals surface area contributed by atoms with Gasteiger partial charge in [-0.2, -0.15) is 13.2 Å². The summed E-state index contributed by atoms with van der Waals surface area (Å²) in [5, 5.41) is 0. The number of benzene rings is 1. The van der Waals surface area contributed by atoms with E-state index < -0.39 is 12.7 Å². The summed E-state index contributed by atoms with van der Waals surface area (Å²) in [5.41, 5.74) is 1.17. The lowest BCUT2D eigenvalue weighted by molar-refractivity contribution is -0.119. The number of anilines is 1. The molecule has 90 valence electrons. The molecule has 0 radical (unpaired) electrons. The number of hydrogen-bond acceptors (Lipinski definition) is 1. The monoisotopic (exact) mass is 315 g/mol. The molecule has 0 N–H and O–H groups in total. The molecule has 0 aliphatic rings. The quantitative estimate of drug-likeness (QED) is 0.756. The highest BCUT2D eigenvalue weighted by molar-refractivity contribution is 9.10. The Bertz CT molecular complexity index is 368. The van der Waals surface area contributed by atoms with E-state index in [4.69, 9.17) is 11.6 Å². The van der Waals surface area contributed by atoms with Gasteiger partial charge in [-0.3, -0.25) is 0 Å². The first-order valence-electron chi connectivity index (χ1n) is 4.46. The topological polar surface area (TPSA) is 3.24 Å². The van der Waals surface area contributed by atoms with Crippen LogP contribution in [-0.4, -0.2) is 19.8 Å². The summed E-state index contributed by atoms with van der Waals surface area (Å²) < 4.78 is 37.5. The van der Waals surface area contributed by atoms with Crippen molar-refractivity contribution in [2.45, 2.75) is 12.1 Å². The molecule has 0 aromatic heterocycles. The second-order valence-electron chi connectivity index (χ2n) is 3.38. The van der Waals surface area contributed by atoms with Crippen LogP contribution in [0.4, 0.5) is 18.9 Å². The Morgan fingerprint density at radius 2 is 2.00 bits per heavy atom. The van der Waals surface area contributed by atoms with Crippen molar-refractivity contribution in [2.24, 2.45) is 0 Å². The van der Waals surface area contributed by atoms with E-state index in [2.05, 4.69) is 15.9 Å². The van der Waals surface area contributed by atoms with Crippen LogP contribution < -0.4 is 4.90 Å². The third kappa shape index (κ3) is 3.87. The van der Waals surface area contributed by atoms with Gasteiger partial charge < -0.3 is 4.90 Å². The van der Waals surface area contributed by atoms with Crippen molar-refractivity contribution in [3.8, 4) is 0 Å². The van der Waals surface area contributed by atoms with Gasteiger partial charge in [-0.1, -0.05) is 15.9 Å². The maximum absolute atomic E-state index is 12.2. The first-order valence-corrected chi connectivity index (χ1v) is 5.78. The van der Waals surface area contributed by atoms with Crippen molar-refractivity contribution in [3.05, 3.63) is 28.2 Å². The predicted octanol–water partition coefficient (Wildman–Crippen LogP) is 4.19. The number of hydrogen-bond donors (Lipinski definition) is 0. The molecular formula is C10H10BrClF3N. The Morgan fingerprint density at radius 1 is 1.38 bits per heavy atom. The zero-order valence-corrected chi connectivity index (χ0v) is 10.8. The van der Waals surface area contributed by atoms with Gasteiger partial charge in [0, 0.05) is 23.1 Å². The SMILES string of the molecule is CN(CC(F)(F)F)c1ccc(Br)cc1CCl. The summed E-state index contributed by atoms with van der Waals surface area (Å²) in [7, 11) is 1.40. The van der Waals surface area contributed by atoms with Gasteiger partial charge in [0.05, 0.1) is 0 Å². The summed E-state index contributed by atoms with van der Waals surface area (Å²) in [6.45, 7) is -0.988. The third-order valence-corrected chi connectivity index (χ3v) is 2.79. The second kappa shape index (κ2) is 5.27. The summed E-state index contributed by atoms with van der Waals surface area (Å²) in [6.07, 6.45) is -4.22. The molecule has 0 atom stereocenters. The van der Waals surface area contributed by atoms with Crippen LogP contribution in [0.15, 0.2) is 22.7 Å². The Kier molecular flexibility index (Phi) is 4.50. The van der Waals surface area contributed by atoms with E-state index in [-0.39, 0.29) is 5.88 Å². The van der Waals surface area contributed by atoms with Crippen molar-refractivity contribution in [3.63, 3.8) is 0 Å². The van der Waals surface area contributed by atoms with E-state index in [9.17, 15) is 13.2 Å². The fourth-order valence-corrected chi connectivity index (χ4v) is 2.01. The maximum Gasteiger partial charge on any atom is 0.405 e. The number of rotatable bonds is 3. The average molecular weight is 317 g/mol. The van der Waals surface area contributed by atoms with Gasteiger partial charge in [-0.15, -0.1) is 11.6 Å². The van der Waals surface area contributed by atoms with Crippen LogP contribution in [-0.2, 0) is 5.88 Å². The van der Waals surface area contributed by atoms with E-state index >= 15 is 0 Å². The Hall–Kier alpha value is -0.420. The highest BCUT2D eigenvalue weighted by Gasteiger charge is 2.29. The van der Waals surface area contributed by atoms with Gasteiger partial charge in [-0.05, 0) is 23.8 Å². The normalized spacial score (nSPS) is 11.6. The van der Waals surface area contributed by atoms with Crippen molar-refractivity contribution in [2.75, 3.05) is 18.5 Å². The Labute approximate surface area is 105 Å². The van der Waals surface area contributed by atoms with Crippen molar-refractivity contribution >= 4 is 33.2 Å². The molecular weight excluding hydrogens is 306 g/mol. The fraction of sp³-hybridized carbons (Fsp3) is 0.400. The molecule has 0 fully saturated rings. The van der Waals surface area contributed by atoms with Crippen LogP contribution in [0.2, 0.25) is 0 Å². The highest BCUT2D eigenvalue weighted by Crippen LogP contribution is 2.27. The van der Waals surface area contributed by atoms with Crippen molar-refractivity contribution in [1.29, 1.82) is 0 Å². The molecule has 0 aliphatic carbocycles.